The minimum absolute atomic E-state index is 0.198. The van der Waals surface area contributed by atoms with E-state index in [4.69, 9.17) is 10.2 Å². The molecule has 0 aliphatic carbocycles. The molecule has 0 aromatic carbocycles. The Morgan fingerprint density at radius 2 is 2.18 bits per heavy atom. The van der Waals surface area contributed by atoms with Crippen molar-refractivity contribution >= 4 is 6.34 Å². The van der Waals surface area contributed by atoms with E-state index >= 15 is 0 Å². The Morgan fingerprint density at radius 3 is 2.82 bits per heavy atom. The molecule has 0 fully saturated rings. The molecule has 0 aromatic heterocycles. The first-order valence-electron chi connectivity index (χ1n) is 3.91. The summed E-state index contributed by atoms with van der Waals surface area (Å²) >= 11 is 0. The summed E-state index contributed by atoms with van der Waals surface area (Å²) in [4.78, 5) is 2.05. The highest BCUT2D eigenvalue weighted by Gasteiger charge is 2.16. The summed E-state index contributed by atoms with van der Waals surface area (Å²) in [5.41, 5.74) is 0. The molecule has 2 N–H and O–H groups in total. The van der Waals surface area contributed by atoms with Crippen LogP contribution < -0.4 is 0 Å². The van der Waals surface area contributed by atoms with E-state index in [9.17, 15) is 0 Å². The maximum absolute atomic E-state index is 8.61. The first-order valence-corrected chi connectivity index (χ1v) is 3.91. The van der Waals surface area contributed by atoms with Crippen LogP contribution in [0.2, 0.25) is 0 Å². The van der Waals surface area contributed by atoms with E-state index in [2.05, 4.69) is 9.48 Å². The van der Waals surface area contributed by atoms with Crippen molar-refractivity contribution in [2.45, 2.75) is 0 Å². The van der Waals surface area contributed by atoms with Gasteiger partial charge in [-0.15, -0.1) is 0 Å². The van der Waals surface area contributed by atoms with Crippen molar-refractivity contribution < 1.29 is 14.8 Å². The van der Waals surface area contributed by atoms with Gasteiger partial charge in [0.25, 0.3) is 0 Å². The predicted octanol–water partition coefficient (Wildman–Crippen LogP) is -1.67. The van der Waals surface area contributed by atoms with E-state index in [-0.39, 0.29) is 13.2 Å². The van der Waals surface area contributed by atoms with E-state index in [1.54, 1.807) is 0 Å². The van der Waals surface area contributed by atoms with Gasteiger partial charge in [0.2, 0.25) is 6.34 Å². The van der Waals surface area contributed by atoms with E-state index < -0.39 is 0 Å². The number of β-amino-alcohol motifs (C(OH)–C–C–N with tert-alkyl or cyclic N) is 2. The average Bonchev–Trinajstić information content (AvgIpc) is 2.38. The van der Waals surface area contributed by atoms with Crippen molar-refractivity contribution in [3.63, 3.8) is 0 Å². The first kappa shape index (κ1) is 8.49. The van der Waals surface area contributed by atoms with Gasteiger partial charge >= 0.3 is 0 Å². The van der Waals surface area contributed by atoms with Crippen molar-refractivity contribution in [1.82, 2.24) is 4.90 Å². The molecule has 0 unspecified atom stereocenters. The fourth-order valence-electron chi connectivity index (χ4n) is 1.20. The molecule has 0 aromatic rings. The van der Waals surface area contributed by atoms with E-state index in [1.807, 2.05) is 6.34 Å². The first-order chi connectivity index (χ1) is 5.36. The highest BCUT2D eigenvalue weighted by Crippen LogP contribution is 1.92. The SMILES string of the molecule is OCCN1C=[N+](CCO)CC1. The van der Waals surface area contributed by atoms with Crippen LogP contribution in [0.15, 0.2) is 0 Å². The molecule has 4 nitrogen and oxygen atoms in total. The summed E-state index contributed by atoms with van der Waals surface area (Å²) in [6.45, 7) is 3.71. The van der Waals surface area contributed by atoms with Crippen LogP contribution in [0.3, 0.4) is 0 Å². The van der Waals surface area contributed by atoms with Gasteiger partial charge in [-0.25, -0.2) is 0 Å². The number of hydrogen-bond acceptors (Lipinski definition) is 3. The topological polar surface area (TPSA) is 46.7 Å². The van der Waals surface area contributed by atoms with Crippen molar-refractivity contribution in [3.8, 4) is 0 Å². The van der Waals surface area contributed by atoms with E-state index in [0.717, 1.165) is 13.1 Å². The highest BCUT2D eigenvalue weighted by atomic mass is 16.3. The summed E-state index contributed by atoms with van der Waals surface area (Å²) in [5.74, 6) is 0. The van der Waals surface area contributed by atoms with E-state index in [0.29, 0.717) is 13.1 Å². The third kappa shape index (κ3) is 2.48. The maximum atomic E-state index is 8.61. The Bertz CT molecular complexity index is 147. The zero-order valence-corrected chi connectivity index (χ0v) is 6.61. The second-order valence-corrected chi connectivity index (χ2v) is 2.63. The summed E-state index contributed by atoms with van der Waals surface area (Å²) in [6.07, 6.45) is 1.96. The molecule has 1 aliphatic heterocycles. The normalized spacial score (nSPS) is 17.3. The molecular weight excluding hydrogens is 144 g/mol. The molecule has 4 heteroatoms. The lowest BCUT2D eigenvalue weighted by molar-refractivity contribution is -0.516. The lowest BCUT2D eigenvalue weighted by atomic mass is 10.5. The van der Waals surface area contributed by atoms with Crippen molar-refractivity contribution in [3.05, 3.63) is 0 Å². The van der Waals surface area contributed by atoms with Crippen LogP contribution in [0.1, 0.15) is 0 Å². The maximum Gasteiger partial charge on any atom is 0.234 e. The third-order valence-corrected chi connectivity index (χ3v) is 1.78. The molecule has 1 heterocycles. The molecule has 0 amide bonds. The lowest BCUT2D eigenvalue weighted by Crippen LogP contribution is -2.23. The van der Waals surface area contributed by atoms with Gasteiger partial charge < -0.3 is 10.2 Å². The summed E-state index contributed by atoms with van der Waals surface area (Å²) in [6, 6.07) is 0. The minimum atomic E-state index is 0.198. The van der Waals surface area contributed by atoms with Crippen LogP contribution in [0.4, 0.5) is 0 Å². The Morgan fingerprint density at radius 1 is 1.36 bits per heavy atom. The van der Waals surface area contributed by atoms with Crippen LogP contribution in [-0.4, -0.2) is 65.4 Å². The molecule has 0 atom stereocenters. The van der Waals surface area contributed by atoms with Crippen molar-refractivity contribution in [2.75, 3.05) is 39.4 Å². The second-order valence-electron chi connectivity index (χ2n) is 2.63. The summed E-state index contributed by atoms with van der Waals surface area (Å²) in [5, 5.41) is 17.2. The van der Waals surface area contributed by atoms with Crippen LogP contribution in [-0.2, 0) is 0 Å². The standard InChI is InChI=1S/C7H15N2O2/c10-5-3-8-1-2-9(7-8)4-6-11/h7,10-11H,1-6H2/q+1. The Kier molecular flexibility index (Phi) is 3.32. The van der Waals surface area contributed by atoms with Gasteiger partial charge in [0.1, 0.15) is 26.2 Å². The Balaban J connectivity index is 2.28. The predicted molar refractivity (Wildman–Crippen MR) is 41.8 cm³/mol. The summed E-state index contributed by atoms with van der Waals surface area (Å²) < 4.78 is 2.05. The van der Waals surface area contributed by atoms with Crippen molar-refractivity contribution in [2.24, 2.45) is 0 Å². The zero-order chi connectivity index (χ0) is 8.10. The molecule has 0 bridgehead atoms. The monoisotopic (exact) mass is 159 g/mol. The van der Waals surface area contributed by atoms with E-state index in [1.165, 1.54) is 0 Å². The molecular formula is C7H15N2O2+. The molecule has 11 heavy (non-hydrogen) atoms. The van der Waals surface area contributed by atoms with Crippen LogP contribution >= 0.6 is 0 Å². The third-order valence-electron chi connectivity index (χ3n) is 1.78. The fourth-order valence-corrected chi connectivity index (χ4v) is 1.20. The largest absolute Gasteiger partial charge is 0.392 e. The average molecular weight is 159 g/mol. The number of nitrogens with zero attached hydrogens (tertiary/aromatic N) is 2. The number of hydrogen-bond donors (Lipinski definition) is 2. The van der Waals surface area contributed by atoms with Gasteiger partial charge in [-0.2, -0.15) is 0 Å². The second kappa shape index (κ2) is 4.31. The molecule has 0 saturated heterocycles. The van der Waals surface area contributed by atoms with Gasteiger partial charge in [0, 0.05) is 0 Å². The quantitative estimate of drug-likeness (QED) is 0.482. The zero-order valence-electron chi connectivity index (χ0n) is 6.61. The molecule has 0 radical (unpaired) electrons. The number of rotatable bonds is 4. The van der Waals surface area contributed by atoms with Gasteiger partial charge in [-0.1, -0.05) is 0 Å². The van der Waals surface area contributed by atoms with Crippen LogP contribution in [0.5, 0.6) is 0 Å². The molecule has 64 valence electrons. The van der Waals surface area contributed by atoms with Gasteiger partial charge in [0.05, 0.1) is 13.2 Å². The molecule has 1 rings (SSSR count). The van der Waals surface area contributed by atoms with Crippen molar-refractivity contribution in [1.29, 1.82) is 0 Å². The van der Waals surface area contributed by atoms with Crippen LogP contribution in [0, 0.1) is 0 Å². The minimum Gasteiger partial charge on any atom is -0.392 e. The number of aliphatic hydroxyl groups is 2. The van der Waals surface area contributed by atoms with Gasteiger partial charge in [-0.05, 0) is 0 Å². The van der Waals surface area contributed by atoms with Gasteiger partial charge in [0.15, 0.2) is 0 Å². The summed E-state index contributed by atoms with van der Waals surface area (Å²) in [7, 11) is 0. The molecule has 0 spiro atoms. The fraction of sp³-hybridized carbons (Fsp3) is 0.857. The Hall–Kier alpha value is -0.610. The number of aliphatic hydroxyl groups excluding tert-OH is 2. The molecule has 1 aliphatic rings. The van der Waals surface area contributed by atoms with Crippen LogP contribution in [0.25, 0.3) is 0 Å². The highest BCUT2D eigenvalue weighted by molar-refractivity contribution is 5.50. The molecule has 0 saturated carbocycles. The smallest absolute Gasteiger partial charge is 0.234 e. The lowest BCUT2D eigenvalue weighted by Gasteiger charge is -2.01. The Labute approximate surface area is 66.4 Å². The van der Waals surface area contributed by atoms with Gasteiger partial charge in [-0.3, -0.25) is 9.48 Å².